The van der Waals surface area contributed by atoms with Gasteiger partial charge in [-0.15, -0.1) is 5.10 Å². The predicted octanol–water partition coefficient (Wildman–Crippen LogP) is 4.17. The molecule has 0 aliphatic carbocycles. The van der Waals surface area contributed by atoms with E-state index in [2.05, 4.69) is 38.4 Å². The van der Waals surface area contributed by atoms with Crippen molar-refractivity contribution in [3.63, 3.8) is 0 Å². The van der Waals surface area contributed by atoms with Crippen LogP contribution in [-0.4, -0.2) is 50.9 Å². The van der Waals surface area contributed by atoms with E-state index in [1.807, 2.05) is 55.5 Å². The molecule has 0 aliphatic rings. The lowest BCUT2D eigenvalue weighted by Gasteiger charge is -2.30. The minimum Gasteiger partial charge on any atom is -0.497 e. The molecule has 3 heterocycles. The Hall–Kier alpha value is -4.28. The van der Waals surface area contributed by atoms with Crippen LogP contribution in [0.1, 0.15) is 39.9 Å². The molecule has 0 unspecified atom stereocenters. The molecule has 5 aromatic rings. The van der Waals surface area contributed by atoms with Crippen molar-refractivity contribution >= 4 is 10.9 Å². The van der Waals surface area contributed by atoms with Crippen molar-refractivity contribution in [2.45, 2.75) is 39.5 Å². The molecule has 0 saturated heterocycles. The Balaban J connectivity index is 1.68. The van der Waals surface area contributed by atoms with E-state index in [4.69, 9.17) is 13.9 Å². The van der Waals surface area contributed by atoms with E-state index in [0.717, 1.165) is 39.1 Å². The molecule has 1 N–H and O–H groups in total. The van der Waals surface area contributed by atoms with Gasteiger partial charge in [0.1, 0.15) is 17.6 Å². The first kappa shape index (κ1) is 26.3. The van der Waals surface area contributed by atoms with Gasteiger partial charge in [0.15, 0.2) is 5.82 Å². The van der Waals surface area contributed by atoms with Gasteiger partial charge in [-0.25, -0.2) is 4.68 Å². The molecular formula is C29H32N6O4. The summed E-state index contributed by atoms with van der Waals surface area (Å²) in [4.78, 5) is 19.0. The van der Waals surface area contributed by atoms with Gasteiger partial charge in [0.05, 0.1) is 33.1 Å². The fraction of sp³-hybridized carbons (Fsp3) is 0.310. The molecule has 10 nitrogen and oxygen atoms in total. The number of aromatic amines is 1. The van der Waals surface area contributed by atoms with Gasteiger partial charge < -0.3 is 18.9 Å². The SMILES string of the molecule is COCCn1nnnc1[C@H](c1cc2cc(C)c(C)cc2[nH]c1=O)N(Cc1ccc(OC)cc1)Cc1ccco1. The summed E-state index contributed by atoms with van der Waals surface area (Å²) in [5, 5.41) is 13.6. The topological polar surface area (TPSA) is 111 Å². The highest BCUT2D eigenvalue weighted by Crippen LogP contribution is 2.31. The Morgan fingerprint density at radius 3 is 2.56 bits per heavy atom. The summed E-state index contributed by atoms with van der Waals surface area (Å²) in [7, 11) is 3.27. The van der Waals surface area contributed by atoms with Crippen LogP contribution < -0.4 is 10.3 Å². The molecule has 0 spiro atoms. The minimum atomic E-state index is -0.584. The second kappa shape index (κ2) is 11.6. The van der Waals surface area contributed by atoms with Crippen molar-refractivity contribution in [2.24, 2.45) is 0 Å². The molecule has 0 radical (unpaired) electrons. The van der Waals surface area contributed by atoms with E-state index in [9.17, 15) is 4.79 Å². The smallest absolute Gasteiger partial charge is 0.253 e. The number of aryl methyl sites for hydroxylation is 2. The van der Waals surface area contributed by atoms with Gasteiger partial charge in [0.25, 0.3) is 5.56 Å². The lowest BCUT2D eigenvalue weighted by atomic mass is 10.00. The number of H-pyrrole nitrogens is 1. The maximum absolute atomic E-state index is 13.7. The van der Waals surface area contributed by atoms with Gasteiger partial charge in [-0.1, -0.05) is 12.1 Å². The van der Waals surface area contributed by atoms with Crippen molar-refractivity contribution in [2.75, 3.05) is 20.8 Å². The summed E-state index contributed by atoms with van der Waals surface area (Å²) in [6.45, 7) is 5.88. The van der Waals surface area contributed by atoms with Gasteiger partial charge in [-0.2, -0.15) is 0 Å². The number of aromatic nitrogens is 5. The lowest BCUT2D eigenvalue weighted by molar-refractivity contribution is 0.163. The van der Waals surface area contributed by atoms with Crippen LogP contribution in [0.25, 0.3) is 10.9 Å². The molecule has 0 aliphatic heterocycles. The number of hydrogen-bond donors (Lipinski definition) is 1. The average molecular weight is 529 g/mol. The molecule has 5 rings (SSSR count). The zero-order valence-corrected chi connectivity index (χ0v) is 22.5. The van der Waals surface area contributed by atoms with E-state index < -0.39 is 6.04 Å². The van der Waals surface area contributed by atoms with Crippen LogP contribution in [-0.2, 0) is 24.4 Å². The van der Waals surface area contributed by atoms with E-state index in [1.165, 1.54) is 0 Å². The Morgan fingerprint density at radius 1 is 1.05 bits per heavy atom. The van der Waals surface area contributed by atoms with Crippen molar-refractivity contribution in [3.8, 4) is 5.75 Å². The predicted molar refractivity (Wildman–Crippen MR) is 147 cm³/mol. The normalized spacial score (nSPS) is 12.3. The largest absolute Gasteiger partial charge is 0.497 e. The maximum atomic E-state index is 13.7. The fourth-order valence-corrected chi connectivity index (χ4v) is 4.75. The molecule has 0 amide bonds. The second-order valence-electron chi connectivity index (χ2n) is 9.57. The van der Waals surface area contributed by atoms with E-state index in [0.29, 0.717) is 37.6 Å². The molecule has 0 bridgehead atoms. The molecule has 10 heteroatoms. The van der Waals surface area contributed by atoms with Crippen LogP contribution in [0.4, 0.5) is 0 Å². The molecule has 202 valence electrons. The highest BCUT2D eigenvalue weighted by atomic mass is 16.5. The first-order valence-corrected chi connectivity index (χ1v) is 12.8. The van der Waals surface area contributed by atoms with Crippen LogP contribution in [0.5, 0.6) is 5.75 Å². The zero-order chi connectivity index (χ0) is 27.4. The third-order valence-electron chi connectivity index (χ3n) is 6.94. The van der Waals surface area contributed by atoms with Crippen molar-refractivity contribution in [1.82, 2.24) is 30.1 Å². The van der Waals surface area contributed by atoms with Crippen LogP contribution in [0.2, 0.25) is 0 Å². The number of methoxy groups -OCH3 is 2. The number of nitrogens with zero attached hydrogens (tertiary/aromatic N) is 5. The third-order valence-corrected chi connectivity index (χ3v) is 6.94. The van der Waals surface area contributed by atoms with Crippen LogP contribution in [0, 0.1) is 13.8 Å². The summed E-state index contributed by atoms with van der Waals surface area (Å²) in [6.07, 6.45) is 1.65. The number of nitrogens with one attached hydrogen (secondary N) is 1. The van der Waals surface area contributed by atoms with E-state index in [1.54, 1.807) is 25.2 Å². The molecule has 0 fully saturated rings. The molecule has 1 atom stereocenters. The number of furan rings is 1. The van der Waals surface area contributed by atoms with Gasteiger partial charge in [0, 0.05) is 24.7 Å². The zero-order valence-electron chi connectivity index (χ0n) is 22.5. The standard InChI is InChI=1S/C29H32N6O4/c1-19-14-22-16-25(29(36)30-26(22)15-20(19)2)27(28-31-32-33-35(28)11-13-37-3)34(18-24-6-5-12-39-24)17-21-7-9-23(38-4)10-8-21/h5-10,12,14-16,27H,11,13,17-18H2,1-4H3,(H,30,36)/t27-/m0/s1. The second-order valence-corrected chi connectivity index (χ2v) is 9.57. The first-order chi connectivity index (χ1) is 19.0. The summed E-state index contributed by atoms with van der Waals surface area (Å²) < 4.78 is 18.1. The number of tetrazole rings is 1. The quantitative estimate of drug-likeness (QED) is 0.272. The number of benzene rings is 2. The van der Waals surface area contributed by atoms with Gasteiger partial charge in [0.2, 0.25) is 0 Å². The lowest BCUT2D eigenvalue weighted by Crippen LogP contribution is -2.35. The highest BCUT2D eigenvalue weighted by molar-refractivity contribution is 5.81. The summed E-state index contributed by atoms with van der Waals surface area (Å²) in [6, 6.07) is 17.1. The fourth-order valence-electron chi connectivity index (χ4n) is 4.75. The monoisotopic (exact) mass is 528 g/mol. The summed E-state index contributed by atoms with van der Waals surface area (Å²) in [5.74, 6) is 2.07. The molecular weight excluding hydrogens is 496 g/mol. The van der Waals surface area contributed by atoms with Crippen molar-refractivity contribution in [1.29, 1.82) is 0 Å². The Labute approximate surface area is 226 Å². The first-order valence-electron chi connectivity index (χ1n) is 12.8. The summed E-state index contributed by atoms with van der Waals surface area (Å²) in [5.41, 5.74) is 4.43. The number of hydrogen-bond acceptors (Lipinski definition) is 8. The number of rotatable bonds is 11. The van der Waals surface area contributed by atoms with Crippen LogP contribution in [0.15, 0.2) is 70.1 Å². The van der Waals surface area contributed by atoms with Gasteiger partial charge >= 0.3 is 0 Å². The molecule has 2 aromatic carbocycles. The third kappa shape index (κ3) is 5.76. The summed E-state index contributed by atoms with van der Waals surface area (Å²) >= 11 is 0. The van der Waals surface area contributed by atoms with Crippen LogP contribution >= 0.6 is 0 Å². The molecule has 39 heavy (non-hydrogen) atoms. The van der Waals surface area contributed by atoms with E-state index in [-0.39, 0.29) is 5.56 Å². The average Bonchev–Trinajstić information content (AvgIpc) is 3.62. The maximum Gasteiger partial charge on any atom is 0.253 e. The highest BCUT2D eigenvalue weighted by Gasteiger charge is 2.31. The van der Waals surface area contributed by atoms with Crippen LogP contribution in [0.3, 0.4) is 0 Å². The number of ether oxygens (including phenoxy) is 2. The number of fused-ring (bicyclic) bond motifs is 1. The van der Waals surface area contributed by atoms with Crippen molar-refractivity contribution < 1.29 is 13.9 Å². The van der Waals surface area contributed by atoms with E-state index >= 15 is 0 Å². The van der Waals surface area contributed by atoms with Gasteiger partial charge in [-0.05, 0) is 88.8 Å². The molecule has 3 aromatic heterocycles. The Kier molecular flexibility index (Phi) is 7.85. The Morgan fingerprint density at radius 2 is 1.85 bits per heavy atom. The van der Waals surface area contributed by atoms with Gasteiger partial charge in [-0.3, -0.25) is 9.69 Å². The Bertz CT molecular complexity index is 1590. The minimum absolute atomic E-state index is 0.198. The van der Waals surface area contributed by atoms with Crippen molar-refractivity contribution in [3.05, 3.63) is 105 Å². The number of pyridine rings is 1. The molecule has 0 saturated carbocycles.